The number of benzene rings is 1. The number of hydrogen-bond donors (Lipinski definition) is 1. The highest BCUT2D eigenvalue weighted by Crippen LogP contribution is 2.26. The molecule has 2 amide bonds. The average molecular weight is 254 g/mol. The lowest BCUT2D eigenvalue weighted by Gasteiger charge is -2.03. The van der Waals surface area contributed by atoms with Crippen molar-refractivity contribution in [2.24, 2.45) is 0 Å². The highest BCUT2D eigenvalue weighted by Gasteiger charge is 2.37. The van der Waals surface area contributed by atoms with E-state index in [2.05, 4.69) is 9.97 Å². The van der Waals surface area contributed by atoms with Gasteiger partial charge in [-0.1, -0.05) is 30.3 Å². The van der Waals surface area contributed by atoms with Crippen molar-refractivity contribution < 1.29 is 9.59 Å². The molecule has 94 valence electrons. The molecule has 0 atom stereocenters. The van der Waals surface area contributed by atoms with E-state index in [1.807, 2.05) is 30.3 Å². The van der Waals surface area contributed by atoms with E-state index in [4.69, 9.17) is 5.73 Å². The molecule has 2 heterocycles. The topological polar surface area (TPSA) is 89.2 Å². The van der Waals surface area contributed by atoms with Gasteiger partial charge in [0.05, 0.1) is 0 Å². The average Bonchev–Trinajstić information content (AvgIpc) is 2.65. The van der Waals surface area contributed by atoms with Crippen LogP contribution in [0.5, 0.6) is 0 Å². The molecule has 1 aromatic heterocycles. The SMILES string of the molecule is CN1C(=O)c2nc(-c3ccccc3)nc(N)c2C1=O. The van der Waals surface area contributed by atoms with Gasteiger partial charge in [0.15, 0.2) is 5.82 Å². The summed E-state index contributed by atoms with van der Waals surface area (Å²) in [6.07, 6.45) is 0. The van der Waals surface area contributed by atoms with Gasteiger partial charge in [-0.2, -0.15) is 0 Å². The molecule has 6 nitrogen and oxygen atoms in total. The molecule has 0 fully saturated rings. The maximum Gasteiger partial charge on any atom is 0.280 e. The predicted octanol–water partition coefficient (Wildman–Crippen LogP) is 0.952. The van der Waals surface area contributed by atoms with Gasteiger partial charge in [0, 0.05) is 12.6 Å². The standard InChI is InChI=1S/C13H10N4O2/c1-17-12(18)8-9(13(17)19)15-11(16-10(8)14)7-5-3-2-4-6-7/h2-6H,1H3,(H2,14,15,16). The van der Waals surface area contributed by atoms with E-state index in [0.29, 0.717) is 5.82 Å². The van der Waals surface area contributed by atoms with E-state index in [1.165, 1.54) is 7.05 Å². The number of imide groups is 1. The van der Waals surface area contributed by atoms with Gasteiger partial charge in [0.25, 0.3) is 11.8 Å². The van der Waals surface area contributed by atoms with E-state index in [0.717, 1.165) is 10.5 Å². The van der Waals surface area contributed by atoms with Crippen LogP contribution in [0.3, 0.4) is 0 Å². The lowest BCUT2D eigenvalue weighted by atomic mass is 10.2. The molecule has 19 heavy (non-hydrogen) atoms. The molecule has 0 aliphatic carbocycles. The number of nitrogens with two attached hydrogens (primary N) is 1. The molecule has 1 aliphatic rings. The number of hydrogen-bond acceptors (Lipinski definition) is 5. The van der Waals surface area contributed by atoms with Gasteiger partial charge in [0.1, 0.15) is 17.1 Å². The first-order chi connectivity index (χ1) is 9.09. The molecule has 0 unspecified atom stereocenters. The Hall–Kier alpha value is -2.76. The zero-order valence-corrected chi connectivity index (χ0v) is 10.1. The third-order valence-electron chi connectivity index (χ3n) is 2.99. The molecule has 3 rings (SSSR count). The van der Waals surface area contributed by atoms with Crippen molar-refractivity contribution in [2.45, 2.75) is 0 Å². The molecule has 0 spiro atoms. The highest BCUT2D eigenvalue weighted by atomic mass is 16.2. The lowest BCUT2D eigenvalue weighted by Crippen LogP contribution is -2.24. The number of carbonyl (C=O) groups excluding carboxylic acids is 2. The van der Waals surface area contributed by atoms with Gasteiger partial charge in [-0.25, -0.2) is 9.97 Å². The molecule has 6 heteroatoms. The summed E-state index contributed by atoms with van der Waals surface area (Å²) >= 11 is 0. The number of amides is 2. The summed E-state index contributed by atoms with van der Waals surface area (Å²) in [4.78, 5) is 33.0. The summed E-state index contributed by atoms with van der Waals surface area (Å²) in [5.74, 6) is -0.539. The van der Waals surface area contributed by atoms with Crippen molar-refractivity contribution in [3.8, 4) is 11.4 Å². The number of nitrogen functional groups attached to an aromatic ring is 1. The summed E-state index contributed by atoms with van der Waals surface area (Å²) < 4.78 is 0. The number of nitrogens with zero attached hydrogens (tertiary/aromatic N) is 3. The van der Waals surface area contributed by atoms with Crippen molar-refractivity contribution in [3.63, 3.8) is 0 Å². The van der Waals surface area contributed by atoms with Crippen LogP contribution in [0.4, 0.5) is 5.82 Å². The fourth-order valence-electron chi connectivity index (χ4n) is 1.98. The zero-order chi connectivity index (χ0) is 13.6. The third-order valence-corrected chi connectivity index (χ3v) is 2.99. The van der Waals surface area contributed by atoms with Crippen LogP contribution in [-0.2, 0) is 0 Å². The van der Waals surface area contributed by atoms with Gasteiger partial charge in [0.2, 0.25) is 0 Å². The molecule has 0 saturated heterocycles. The Bertz CT molecular complexity index is 697. The van der Waals surface area contributed by atoms with Gasteiger partial charge in [-0.3, -0.25) is 14.5 Å². The smallest absolute Gasteiger partial charge is 0.280 e. The Labute approximate surface area is 108 Å². The lowest BCUT2D eigenvalue weighted by molar-refractivity contribution is 0.0691. The minimum atomic E-state index is -0.461. The van der Waals surface area contributed by atoms with E-state index in [9.17, 15) is 9.59 Å². The van der Waals surface area contributed by atoms with Gasteiger partial charge in [-0.15, -0.1) is 0 Å². The van der Waals surface area contributed by atoms with E-state index >= 15 is 0 Å². The Morgan fingerprint density at radius 3 is 2.42 bits per heavy atom. The number of fused-ring (bicyclic) bond motifs is 1. The Morgan fingerprint density at radius 1 is 1.05 bits per heavy atom. The summed E-state index contributed by atoms with van der Waals surface area (Å²) in [5.41, 5.74) is 6.67. The van der Waals surface area contributed by atoms with Crippen LogP contribution in [0.25, 0.3) is 11.4 Å². The number of anilines is 1. The minimum Gasteiger partial charge on any atom is -0.383 e. The van der Waals surface area contributed by atoms with Crippen LogP contribution in [-0.4, -0.2) is 33.7 Å². The first kappa shape index (κ1) is 11.3. The summed E-state index contributed by atoms with van der Waals surface area (Å²) in [7, 11) is 1.40. The van der Waals surface area contributed by atoms with Crippen molar-refractivity contribution in [1.82, 2.24) is 14.9 Å². The molecule has 1 aromatic carbocycles. The second-order valence-corrected chi connectivity index (χ2v) is 4.19. The van der Waals surface area contributed by atoms with Crippen molar-refractivity contribution in [3.05, 3.63) is 41.6 Å². The van der Waals surface area contributed by atoms with Crippen molar-refractivity contribution >= 4 is 17.6 Å². The van der Waals surface area contributed by atoms with Gasteiger partial charge in [-0.05, 0) is 0 Å². The maximum atomic E-state index is 11.9. The van der Waals surface area contributed by atoms with Crippen LogP contribution in [0.1, 0.15) is 20.8 Å². The molecule has 2 aromatic rings. The molecule has 1 aliphatic heterocycles. The zero-order valence-electron chi connectivity index (χ0n) is 10.1. The molecular weight excluding hydrogens is 244 g/mol. The second-order valence-electron chi connectivity index (χ2n) is 4.19. The molecule has 0 bridgehead atoms. The van der Waals surface area contributed by atoms with Crippen LogP contribution in [0, 0.1) is 0 Å². The Kier molecular flexibility index (Phi) is 2.31. The second kappa shape index (κ2) is 3.88. The van der Waals surface area contributed by atoms with Crippen molar-refractivity contribution in [1.29, 1.82) is 0 Å². The van der Waals surface area contributed by atoms with Gasteiger partial charge >= 0.3 is 0 Å². The largest absolute Gasteiger partial charge is 0.383 e. The molecule has 0 saturated carbocycles. The summed E-state index contributed by atoms with van der Waals surface area (Å²) in [6, 6.07) is 9.16. The maximum absolute atomic E-state index is 11.9. The Balaban J connectivity index is 2.22. The molecule has 0 radical (unpaired) electrons. The quantitative estimate of drug-likeness (QED) is 0.765. The van der Waals surface area contributed by atoms with E-state index < -0.39 is 11.8 Å². The van der Waals surface area contributed by atoms with Crippen LogP contribution >= 0.6 is 0 Å². The fraction of sp³-hybridized carbons (Fsp3) is 0.0769. The molecular formula is C13H10N4O2. The number of carbonyl (C=O) groups is 2. The predicted molar refractivity (Wildman–Crippen MR) is 68.3 cm³/mol. The first-order valence-corrected chi connectivity index (χ1v) is 5.65. The first-order valence-electron chi connectivity index (χ1n) is 5.65. The van der Waals surface area contributed by atoms with E-state index in [-0.39, 0.29) is 17.1 Å². The minimum absolute atomic E-state index is 0.0338. The van der Waals surface area contributed by atoms with E-state index in [1.54, 1.807) is 0 Å². The monoisotopic (exact) mass is 254 g/mol. The Morgan fingerprint density at radius 2 is 1.74 bits per heavy atom. The highest BCUT2D eigenvalue weighted by molar-refractivity contribution is 6.22. The van der Waals surface area contributed by atoms with Gasteiger partial charge < -0.3 is 5.73 Å². The number of aromatic nitrogens is 2. The third kappa shape index (κ3) is 1.57. The molecule has 2 N–H and O–H groups in total. The van der Waals surface area contributed by atoms with Crippen molar-refractivity contribution in [2.75, 3.05) is 12.8 Å². The van der Waals surface area contributed by atoms with Crippen LogP contribution in [0.15, 0.2) is 30.3 Å². The summed E-state index contributed by atoms with van der Waals surface area (Å²) in [5, 5.41) is 0. The summed E-state index contributed by atoms with van der Waals surface area (Å²) in [6.45, 7) is 0. The normalized spacial score (nSPS) is 13.8. The van der Waals surface area contributed by atoms with Crippen LogP contribution in [0.2, 0.25) is 0 Å². The fourth-order valence-corrected chi connectivity index (χ4v) is 1.98. The number of rotatable bonds is 1. The van der Waals surface area contributed by atoms with Crippen LogP contribution < -0.4 is 5.73 Å².